The molecule has 22 heavy (non-hydrogen) atoms. The van der Waals surface area contributed by atoms with Gasteiger partial charge in [0.1, 0.15) is 0 Å². The van der Waals surface area contributed by atoms with Crippen molar-refractivity contribution in [3.05, 3.63) is 35.4 Å². The van der Waals surface area contributed by atoms with E-state index in [9.17, 15) is 4.79 Å². The maximum absolute atomic E-state index is 12.7. The van der Waals surface area contributed by atoms with Crippen molar-refractivity contribution < 1.29 is 14.3 Å². The van der Waals surface area contributed by atoms with E-state index in [1.165, 1.54) is 11.1 Å². The molecule has 0 radical (unpaired) electrons. The SMILES string of the molecule is COc1cc2c(cc1OC)CN(C(=O)C1CC=CCC1)CC2. The van der Waals surface area contributed by atoms with E-state index in [2.05, 4.69) is 12.2 Å². The smallest absolute Gasteiger partial charge is 0.226 e. The van der Waals surface area contributed by atoms with E-state index >= 15 is 0 Å². The van der Waals surface area contributed by atoms with Crippen LogP contribution in [-0.2, 0) is 17.8 Å². The van der Waals surface area contributed by atoms with Crippen molar-refractivity contribution in [2.45, 2.75) is 32.2 Å². The van der Waals surface area contributed by atoms with Gasteiger partial charge in [0.2, 0.25) is 5.91 Å². The number of amides is 1. The molecule has 0 fully saturated rings. The number of hydrogen-bond donors (Lipinski definition) is 0. The number of benzene rings is 1. The quantitative estimate of drug-likeness (QED) is 0.806. The Morgan fingerprint density at radius 2 is 1.86 bits per heavy atom. The zero-order valence-corrected chi connectivity index (χ0v) is 13.3. The van der Waals surface area contributed by atoms with Gasteiger partial charge < -0.3 is 14.4 Å². The first kappa shape index (κ1) is 14.9. The number of rotatable bonds is 3. The number of carbonyl (C=O) groups excluding carboxylic acids is 1. The molecule has 2 aliphatic rings. The van der Waals surface area contributed by atoms with Crippen LogP contribution < -0.4 is 9.47 Å². The lowest BCUT2D eigenvalue weighted by Gasteiger charge is -2.32. The molecule has 0 saturated carbocycles. The van der Waals surface area contributed by atoms with Crippen molar-refractivity contribution in [1.29, 1.82) is 0 Å². The van der Waals surface area contributed by atoms with Crippen LogP contribution in [0.25, 0.3) is 0 Å². The fourth-order valence-corrected chi connectivity index (χ4v) is 3.35. The van der Waals surface area contributed by atoms with Crippen LogP contribution >= 0.6 is 0 Å². The molecule has 1 aliphatic carbocycles. The van der Waals surface area contributed by atoms with Gasteiger partial charge in [0.25, 0.3) is 0 Å². The molecular formula is C18H23NO3. The van der Waals surface area contributed by atoms with E-state index < -0.39 is 0 Å². The van der Waals surface area contributed by atoms with Gasteiger partial charge in [0.05, 0.1) is 14.2 Å². The normalized spacial score (nSPS) is 20.5. The van der Waals surface area contributed by atoms with E-state index in [-0.39, 0.29) is 5.92 Å². The van der Waals surface area contributed by atoms with Crippen LogP contribution in [0.15, 0.2) is 24.3 Å². The lowest BCUT2D eigenvalue weighted by atomic mass is 9.91. The fourth-order valence-electron chi connectivity index (χ4n) is 3.35. The summed E-state index contributed by atoms with van der Waals surface area (Å²) in [6.45, 7) is 1.47. The number of methoxy groups -OCH3 is 2. The van der Waals surface area contributed by atoms with Crippen LogP contribution in [0.2, 0.25) is 0 Å². The zero-order valence-electron chi connectivity index (χ0n) is 13.3. The van der Waals surface area contributed by atoms with E-state index in [0.29, 0.717) is 12.5 Å². The summed E-state index contributed by atoms with van der Waals surface area (Å²) in [4.78, 5) is 14.7. The third kappa shape index (κ3) is 2.82. The zero-order chi connectivity index (χ0) is 15.5. The summed E-state index contributed by atoms with van der Waals surface area (Å²) < 4.78 is 10.7. The summed E-state index contributed by atoms with van der Waals surface area (Å²) in [5.41, 5.74) is 2.42. The second-order valence-corrected chi connectivity index (χ2v) is 5.97. The summed E-state index contributed by atoms with van der Waals surface area (Å²) in [7, 11) is 3.30. The molecular weight excluding hydrogens is 278 g/mol. The minimum Gasteiger partial charge on any atom is -0.493 e. The molecule has 0 N–H and O–H groups in total. The van der Waals surface area contributed by atoms with Crippen molar-refractivity contribution in [1.82, 2.24) is 4.90 Å². The lowest BCUT2D eigenvalue weighted by Crippen LogP contribution is -2.40. The first-order chi connectivity index (χ1) is 10.7. The van der Waals surface area contributed by atoms with Crippen molar-refractivity contribution in [3.8, 4) is 11.5 Å². The number of carbonyl (C=O) groups is 1. The summed E-state index contributed by atoms with van der Waals surface area (Å²) in [5, 5.41) is 0. The predicted molar refractivity (Wildman–Crippen MR) is 85.1 cm³/mol. The van der Waals surface area contributed by atoms with E-state index in [4.69, 9.17) is 9.47 Å². The first-order valence-corrected chi connectivity index (χ1v) is 7.90. The Hall–Kier alpha value is -1.97. The van der Waals surface area contributed by atoms with Gasteiger partial charge >= 0.3 is 0 Å². The van der Waals surface area contributed by atoms with Gasteiger partial charge in [0, 0.05) is 19.0 Å². The number of fused-ring (bicyclic) bond motifs is 1. The van der Waals surface area contributed by atoms with Gasteiger partial charge in [-0.15, -0.1) is 0 Å². The summed E-state index contributed by atoms with van der Waals surface area (Å²) in [6, 6.07) is 4.05. The summed E-state index contributed by atoms with van der Waals surface area (Å²) in [5.74, 6) is 1.95. The molecule has 4 nitrogen and oxygen atoms in total. The topological polar surface area (TPSA) is 38.8 Å². The average molecular weight is 301 g/mol. The molecule has 1 aromatic rings. The highest BCUT2D eigenvalue weighted by molar-refractivity contribution is 5.79. The largest absolute Gasteiger partial charge is 0.493 e. The Balaban J connectivity index is 1.78. The Morgan fingerprint density at radius 1 is 1.14 bits per heavy atom. The Bertz CT molecular complexity index is 594. The molecule has 0 bridgehead atoms. The number of allylic oxidation sites excluding steroid dienone is 2. The van der Waals surface area contributed by atoms with Crippen LogP contribution in [0.4, 0.5) is 0 Å². The Morgan fingerprint density at radius 3 is 2.50 bits per heavy atom. The Labute approximate surface area is 131 Å². The van der Waals surface area contributed by atoms with Gasteiger partial charge in [-0.1, -0.05) is 12.2 Å². The second kappa shape index (κ2) is 6.42. The van der Waals surface area contributed by atoms with Gasteiger partial charge in [-0.25, -0.2) is 0 Å². The van der Waals surface area contributed by atoms with Crippen LogP contribution in [0.3, 0.4) is 0 Å². The van der Waals surface area contributed by atoms with Crippen LogP contribution in [0, 0.1) is 5.92 Å². The molecule has 0 aromatic heterocycles. The highest BCUT2D eigenvalue weighted by Gasteiger charge is 2.28. The van der Waals surface area contributed by atoms with Crippen LogP contribution in [0.5, 0.6) is 11.5 Å². The van der Waals surface area contributed by atoms with Gasteiger partial charge in [-0.05, 0) is 48.9 Å². The minimum absolute atomic E-state index is 0.159. The van der Waals surface area contributed by atoms with Crippen LogP contribution in [0.1, 0.15) is 30.4 Å². The molecule has 0 spiro atoms. The predicted octanol–water partition coefficient (Wildman–Crippen LogP) is 2.94. The highest BCUT2D eigenvalue weighted by Crippen LogP contribution is 2.34. The van der Waals surface area contributed by atoms with E-state index in [1.807, 2.05) is 17.0 Å². The molecule has 4 heteroatoms. The number of nitrogens with zero attached hydrogens (tertiary/aromatic N) is 1. The minimum atomic E-state index is 0.159. The van der Waals surface area contributed by atoms with Gasteiger partial charge in [-0.2, -0.15) is 0 Å². The monoisotopic (exact) mass is 301 g/mol. The van der Waals surface area contributed by atoms with Crippen molar-refractivity contribution in [3.63, 3.8) is 0 Å². The van der Waals surface area contributed by atoms with Crippen molar-refractivity contribution in [2.75, 3.05) is 20.8 Å². The molecule has 3 rings (SSSR count). The van der Waals surface area contributed by atoms with E-state index in [1.54, 1.807) is 14.2 Å². The third-order valence-corrected chi connectivity index (χ3v) is 4.65. The molecule has 1 aliphatic heterocycles. The highest BCUT2D eigenvalue weighted by atomic mass is 16.5. The standard InChI is InChI=1S/C18H23NO3/c1-21-16-10-14-8-9-19(12-15(14)11-17(16)22-2)18(20)13-6-4-3-5-7-13/h3-4,10-11,13H,5-9,12H2,1-2H3. The van der Waals surface area contributed by atoms with Gasteiger partial charge in [-0.3, -0.25) is 4.79 Å². The lowest BCUT2D eigenvalue weighted by molar-refractivity contribution is -0.136. The molecule has 0 saturated heterocycles. The van der Waals surface area contributed by atoms with E-state index in [0.717, 1.165) is 43.7 Å². The molecule has 1 amide bonds. The molecule has 1 unspecified atom stereocenters. The van der Waals surface area contributed by atoms with Crippen molar-refractivity contribution in [2.24, 2.45) is 5.92 Å². The van der Waals surface area contributed by atoms with Crippen LogP contribution in [-0.4, -0.2) is 31.6 Å². The Kier molecular flexibility index (Phi) is 4.36. The molecule has 1 atom stereocenters. The van der Waals surface area contributed by atoms with Gasteiger partial charge in [0.15, 0.2) is 11.5 Å². The average Bonchev–Trinajstić information content (AvgIpc) is 2.60. The molecule has 118 valence electrons. The summed E-state index contributed by atoms with van der Waals surface area (Å²) in [6.07, 6.45) is 8.07. The maximum atomic E-state index is 12.7. The third-order valence-electron chi connectivity index (χ3n) is 4.65. The summed E-state index contributed by atoms with van der Waals surface area (Å²) >= 11 is 0. The first-order valence-electron chi connectivity index (χ1n) is 7.90. The fraction of sp³-hybridized carbons (Fsp3) is 0.500. The molecule has 1 aromatic carbocycles. The number of ether oxygens (including phenoxy) is 2. The maximum Gasteiger partial charge on any atom is 0.226 e. The second-order valence-electron chi connectivity index (χ2n) is 5.97. The van der Waals surface area contributed by atoms with Crippen molar-refractivity contribution >= 4 is 5.91 Å². The molecule has 1 heterocycles. The number of hydrogen-bond acceptors (Lipinski definition) is 3.